The van der Waals surface area contributed by atoms with Crippen molar-refractivity contribution in [3.8, 4) is 22.3 Å². The largest absolute Gasteiger partial charge is 0.372 e. The van der Waals surface area contributed by atoms with Gasteiger partial charge in [-0.3, -0.25) is 4.90 Å². The Balaban J connectivity index is 0.944. The molecule has 0 amide bonds. The van der Waals surface area contributed by atoms with E-state index in [-0.39, 0.29) is 0 Å². The summed E-state index contributed by atoms with van der Waals surface area (Å²) in [5.41, 5.74) is 9.04. The second kappa shape index (κ2) is 12.2. The van der Waals surface area contributed by atoms with Crippen LogP contribution in [0, 0.1) is 47.3 Å². The average molecular weight is 686 g/mol. The first-order chi connectivity index (χ1) is 25.8. The van der Waals surface area contributed by atoms with Crippen molar-refractivity contribution < 1.29 is 4.74 Å². The fourth-order valence-electron chi connectivity index (χ4n) is 15.8. The second-order valence-electron chi connectivity index (χ2n) is 18.6. The third-order valence-corrected chi connectivity index (χ3v) is 17.1. The minimum absolute atomic E-state index is 0.447. The van der Waals surface area contributed by atoms with Crippen molar-refractivity contribution in [2.45, 2.75) is 113 Å². The van der Waals surface area contributed by atoms with Crippen molar-refractivity contribution in [2.75, 3.05) is 0 Å². The molecule has 52 heavy (non-hydrogen) atoms. The van der Waals surface area contributed by atoms with E-state index in [4.69, 9.17) is 4.74 Å². The van der Waals surface area contributed by atoms with E-state index in [9.17, 15) is 0 Å². The zero-order valence-electron chi connectivity index (χ0n) is 30.7. The first-order valence-corrected chi connectivity index (χ1v) is 21.5. The van der Waals surface area contributed by atoms with Gasteiger partial charge in [0.2, 0.25) is 0 Å². The van der Waals surface area contributed by atoms with Crippen LogP contribution in [0.3, 0.4) is 0 Å². The Morgan fingerprint density at radius 3 is 1.33 bits per heavy atom. The normalized spacial score (nSPS) is 42.6. The van der Waals surface area contributed by atoms with Crippen LogP contribution < -0.4 is 0 Å². The number of benzene rings is 4. The van der Waals surface area contributed by atoms with Crippen LogP contribution in [0.1, 0.15) is 93.6 Å². The smallest absolute Gasteiger partial charge is 0.0738 e. The number of rotatable bonds is 4. The number of ether oxygens (including phenoxy) is 1. The molecule has 0 bridgehead atoms. The molecule has 0 radical (unpaired) electrons. The molecule has 4 aromatic carbocycles. The minimum atomic E-state index is 0.447. The molecule has 5 aliphatic carbocycles. The molecule has 0 spiro atoms. The van der Waals surface area contributed by atoms with Gasteiger partial charge in [-0.2, -0.15) is 0 Å². The highest BCUT2D eigenvalue weighted by molar-refractivity contribution is 5.69. The maximum absolute atomic E-state index is 7.56. The quantitative estimate of drug-likeness (QED) is 0.212. The van der Waals surface area contributed by atoms with Gasteiger partial charge >= 0.3 is 0 Å². The molecule has 0 N–H and O–H groups in total. The van der Waals surface area contributed by atoms with Gasteiger partial charge in [-0.1, -0.05) is 116 Å². The molecule has 5 saturated carbocycles. The molecular weight excluding hydrogens is 631 g/mol. The van der Waals surface area contributed by atoms with Crippen molar-refractivity contribution in [3.63, 3.8) is 0 Å². The highest BCUT2D eigenvalue weighted by Crippen LogP contribution is 2.68. The van der Waals surface area contributed by atoms with Gasteiger partial charge in [-0.05, 0) is 157 Å². The number of fused-ring (bicyclic) bond motifs is 2. The summed E-state index contributed by atoms with van der Waals surface area (Å²) >= 11 is 0. The van der Waals surface area contributed by atoms with E-state index in [1.54, 1.807) is 11.1 Å². The molecule has 2 nitrogen and oxygen atoms in total. The molecule has 4 aromatic rings. The van der Waals surface area contributed by atoms with Crippen LogP contribution in [0.5, 0.6) is 0 Å². The SMILES string of the molecule is c1ccc(-c2ccccc2C2CCC3C4CCCC5C6CCC(c7ccccc7-c7ccccc7)C7CCC8OC9CCC2C3C9N(C45)C8C76)cc1. The Hall–Kier alpha value is -3.20. The molecule has 3 saturated heterocycles. The molecule has 14 atom stereocenters. The predicted octanol–water partition coefficient (Wildman–Crippen LogP) is 11.4. The van der Waals surface area contributed by atoms with E-state index >= 15 is 0 Å². The van der Waals surface area contributed by atoms with E-state index < -0.39 is 0 Å². The maximum atomic E-state index is 7.56. The number of morpholine rings is 1. The van der Waals surface area contributed by atoms with E-state index in [0.717, 1.165) is 53.4 Å². The minimum Gasteiger partial charge on any atom is -0.372 e. The number of hydrogen-bond acceptors (Lipinski definition) is 2. The summed E-state index contributed by atoms with van der Waals surface area (Å²) in [5, 5.41) is 0. The molecular formula is C50H55NO. The molecule has 14 unspecified atom stereocenters. The molecule has 3 heterocycles. The Labute approximate surface area is 311 Å². The van der Waals surface area contributed by atoms with Crippen molar-refractivity contribution in [2.24, 2.45) is 47.3 Å². The topological polar surface area (TPSA) is 12.5 Å². The van der Waals surface area contributed by atoms with Crippen LogP contribution in [0.2, 0.25) is 0 Å². The predicted molar refractivity (Wildman–Crippen MR) is 210 cm³/mol. The summed E-state index contributed by atoms with van der Waals surface area (Å²) in [6.07, 6.45) is 16.2. The van der Waals surface area contributed by atoms with Crippen LogP contribution in [0.4, 0.5) is 0 Å². The summed E-state index contributed by atoms with van der Waals surface area (Å²) in [5.74, 6) is 8.07. The number of piperidine rings is 2. The Bertz CT molecular complexity index is 1800. The third-order valence-electron chi connectivity index (χ3n) is 17.1. The zero-order chi connectivity index (χ0) is 33.9. The standard InChI is InChI=1S/C50H55NO/c1-3-12-30(13-4-1)32-16-7-9-18-34(32)36-22-24-40-42-20-11-21-43-41-25-23-37(35-19-10-8-17-33(35)31-14-5-2-6-15-31)39-27-29-45-50(47(39)41)51(48(42)43)49-44(52-45)28-26-38(36)46(40)49/h1-10,12-19,36-50H,11,20-29H2. The Morgan fingerprint density at radius 2 is 0.827 bits per heavy atom. The summed E-state index contributed by atoms with van der Waals surface area (Å²) in [4.78, 5) is 3.37. The van der Waals surface area contributed by atoms with Gasteiger partial charge in [0.05, 0.1) is 12.2 Å². The summed E-state index contributed by atoms with van der Waals surface area (Å²) in [7, 11) is 0. The fourth-order valence-corrected chi connectivity index (χ4v) is 15.8. The van der Waals surface area contributed by atoms with Crippen LogP contribution in [0.15, 0.2) is 109 Å². The molecule has 2 heteroatoms. The molecule has 8 aliphatic rings. The van der Waals surface area contributed by atoms with Gasteiger partial charge < -0.3 is 4.74 Å². The molecule has 266 valence electrons. The van der Waals surface area contributed by atoms with Gasteiger partial charge in [-0.15, -0.1) is 0 Å². The monoisotopic (exact) mass is 685 g/mol. The van der Waals surface area contributed by atoms with Gasteiger partial charge in [0, 0.05) is 18.1 Å². The average Bonchev–Trinajstić information content (AvgIpc) is 3.22. The van der Waals surface area contributed by atoms with Crippen LogP contribution >= 0.6 is 0 Å². The molecule has 3 aliphatic heterocycles. The fraction of sp³-hybridized carbons (Fsp3) is 0.520. The lowest BCUT2D eigenvalue weighted by atomic mass is 9.43. The van der Waals surface area contributed by atoms with Crippen molar-refractivity contribution >= 4 is 0 Å². The van der Waals surface area contributed by atoms with Crippen molar-refractivity contribution in [1.82, 2.24) is 4.90 Å². The summed E-state index contributed by atoms with van der Waals surface area (Å²) in [6, 6.07) is 43.7. The van der Waals surface area contributed by atoms with Crippen LogP contribution in [-0.2, 0) is 4.74 Å². The number of nitrogens with zero attached hydrogens (tertiary/aromatic N) is 1. The summed E-state index contributed by atoms with van der Waals surface area (Å²) in [6.45, 7) is 0. The number of hydrogen-bond donors (Lipinski definition) is 0. The van der Waals surface area contributed by atoms with E-state index in [1.807, 2.05) is 0 Å². The Kier molecular flexibility index (Phi) is 7.29. The van der Waals surface area contributed by atoms with Crippen molar-refractivity contribution in [3.05, 3.63) is 120 Å². The van der Waals surface area contributed by atoms with E-state index in [0.29, 0.717) is 36.1 Å². The van der Waals surface area contributed by atoms with Gasteiger partial charge in [0.25, 0.3) is 0 Å². The van der Waals surface area contributed by atoms with E-state index in [1.165, 1.54) is 92.9 Å². The Morgan fingerprint density at radius 1 is 0.385 bits per heavy atom. The lowest BCUT2D eigenvalue weighted by Gasteiger charge is -2.75. The van der Waals surface area contributed by atoms with Crippen LogP contribution in [-0.4, -0.2) is 35.2 Å². The first-order valence-electron chi connectivity index (χ1n) is 21.5. The van der Waals surface area contributed by atoms with Gasteiger partial charge in [0.15, 0.2) is 0 Å². The van der Waals surface area contributed by atoms with Gasteiger partial charge in [0.1, 0.15) is 0 Å². The zero-order valence-corrected chi connectivity index (χ0v) is 30.7. The molecule has 12 rings (SSSR count). The highest BCUT2D eigenvalue weighted by atomic mass is 16.5. The second-order valence-corrected chi connectivity index (χ2v) is 18.6. The lowest BCUT2D eigenvalue weighted by Crippen LogP contribution is -2.81. The molecule has 0 aromatic heterocycles. The van der Waals surface area contributed by atoms with Crippen LogP contribution in [0.25, 0.3) is 22.3 Å². The van der Waals surface area contributed by atoms with Gasteiger partial charge in [-0.25, -0.2) is 0 Å². The highest BCUT2D eigenvalue weighted by Gasteiger charge is 2.70. The lowest BCUT2D eigenvalue weighted by molar-refractivity contribution is -0.305. The van der Waals surface area contributed by atoms with E-state index in [2.05, 4.69) is 114 Å². The summed E-state index contributed by atoms with van der Waals surface area (Å²) < 4.78 is 7.56. The maximum Gasteiger partial charge on any atom is 0.0738 e. The van der Waals surface area contributed by atoms with Crippen molar-refractivity contribution in [1.29, 1.82) is 0 Å². The third kappa shape index (κ3) is 4.43. The first kappa shape index (κ1) is 31.2. The molecule has 8 fully saturated rings.